The molecule has 1 heterocycles. The van der Waals surface area contributed by atoms with Gasteiger partial charge in [0.1, 0.15) is 28.7 Å². The Hall–Kier alpha value is -4.07. The molecule has 0 saturated heterocycles. The first-order chi connectivity index (χ1) is 18.9. The third kappa shape index (κ3) is 7.52. The predicted octanol–water partition coefficient (Wildman–Crippen LogP) is 6.21. The number of benzene rings is 2. The number of allylic oxidation sites excluding steroid dienone is 4. The predicted molar refractivity (Wildman–Crippen MR) is 152 cm³/mol. The monoisotopic (exact) mass is 550 g/mol. The summed E-state index contributed by atoms with van der Waals surface area (Å²) in [5.41, 5.74) is 5.12. The van der Waals surface area contributed by atoms with Crippen molar-refractivity contribution in [2.75, 3.05) is 13.7 Å². The van der Waals surface area contributed by atoms with Gasteiger partial charge in [-0.15, -0.1) is 0 Å². The average Bonchev–Trinajstić information content (AvgIpc) is 2.85. The van der Waals surface area contributed by atoms with Gasteiger partial charge in [-0.05, 0) is 53.0 Å². The Labute approximate surface area is 235 Å². The number of carbonyl (C=O) groups is 3. The fraction of sp³-hybridized carbons (Fsp3) is 0.406. The molecule has 1 atom stereocenters. The van der Waals surface area contributed by atoms with E-state index in [0.29, 0.717) is 53.6 Å². The first kappa shape index (κ1) is 30.5. The van der Waals surface area contributed by atoms with E-state index in [2.05, 4.69) is 0 Å². The van der Waals surface area contributed by atoms with Gasteiger partial charge in [-0.1, -0.05) is 29.4 Å². The minimum atomic E-state index is -0.482. The van der Waals surface area contributed by atoms with Crippen LogP contribution in [-0.2, 0) is 33.6 Å². The summed E-state index contributed by atoms with van der Waals surface area (Å²) in [6.07, 6.45) is 5.47. The fourth-order valence-corrected chi connectivity index (χ4v) is 4.67. The maximum absolute atomic E-state index is 12.2. The number of ether oxygens (including phenoxy) is 5. The molecule has 8 nitrogen and oxygen atoms in total. The summed E-state index contributed by atoms with van der Waals surface area (Å²) >= 11 is 0. The molecule has 0 spiro atoms. The first-order valence-electron chi connectivity index (χ1n) is 13.2. The summed E-state index contributed by atoms with van der Waals surface area (Å²) < 4.78 is 28.9. The molecule has 0 amide bonds. The fourth-order valence-electron chi connectivity index (χ4n) is 4.67. The summed E-state index contributed by atoms with van der Waals surface area (Å²) in [5, 5.41) is 0. The van der Waals surface area contributed by atoms with Gasteiger partial charge in [0.15, 0.2) is 0 Å². The van der Waals surface area contributed by atoms with Crippen molar-refractivity contribution in [2.24, 2.45) is 0 Å². The largest absolute Gasteiger partial charge is 0.496 e. The van der Waals surface area contributed by atoms with E-state index in [9.17, 15) is 14.4 Å². The Morgan fingerprint density at radius 3 is 1.88 bits per heavy atom. The summed E-state index contributed by atoms with van der Waals surface area (Å²) in [5.74, 6) is 0.675. The first-order valence-corrected chi connectivity index (χ1v) is 13.2. The SMILES string of the molecule is COc1c2c(cc(OC(C)=O)c1CC=C(C)C)OC[C@@H](c1ccc(OC(C)=O)c(CC=C(C)C)c1OC(C)=O)C2. The van der Waals surface area contributed by atoms with Crippen LogP contribution in [-0.4, -0.2) is 31.6 Å². The van der Waals surface area contributed by atoms with Crippen LogP contribution in [0.2, 0.25) is 0 Å². The topological polar surface area (TPSA) is 97.4 Å². The second-order valence-corrected chi connectivity index (χ2v) is 10.3. The second kappa shape index (κ2) is 13.3. The minimum Gasteiger partial charge on any atom is -0.496 e. The lowest BCUT2D eigenvalue weighted by Crippen LogP contribution is -2.22. The molecule has 2 aromatic rings. The van der Waals surface area contributed by atoms with Crippen molar-refractivity contribution in [2.45, 2.75) is 73.6 Å². The highest BCUT2D eigenvalue weighted by molar-refractivity contribution is 5.74. The number of fused-ring (bicyclic) bond motifs is 1. The molecule has 1 aliphatic rings. The van der Waals surface area contributed by atoms with Crippen molar-refractivity contribution in [3.63, 3.8) is 0 Å². The van der Waals surface area contributed by atoms with Gasteiger partial charge < -0.3 is 23.7 Å². The highest BCUT2D eigenvalue weighted by Gasteiger charge is 2.32. The molecule has 0 bridgehead atoms. The zero-order chi connectivity index (χ0) is 29.6. The molecule has 3 rings (SSSR count). The number of hydrogen-bond donors (Lipinski definition) is 0. The molecule has 214 valence electrons. The van der Waals surface area contributed by atoms with Gasteiger partial charge in [-0.2, -0.15) is 0 Å². The summed E-state index contributed by atoms with van der Waals surface area (Å²) in [6.45, 7) is 12.2. The van der Waals surface area contributed by atoms with Crippen LogP contribution >= 0.6 is 0 Å². The molecule has 0 fully saturated rings. The van der Waals surface area contributed by atoms with E-state index in [1.807, 2.05) is 45.9 Å². The smallest absolute Gasteiger partial charge is 0.308 e. The lowest BCUT2D eigenvalue weighted by Gasteiger charge is -2.30. The van der Waals surface area contributed by atoms with Crippen LogP contribution in [0, 0.1) is 0 Å². The lowest BCUT2D eigenvalue weighted by atomic mass is 9.86. The molecule has 0 aliphatic carbocycles. The van der Waals surface area contributed by atoms with Crippen molar-refractivity contribution in [3.8, 4) is 28.7 Å². The van der Waals surface area contributed by atoms with Crippen LogP contribution in [0.15, 0.2) is 41.5 Å². The Bertz CT molecular complexity index is 1360. The molecule has 0 unspecified atom stereocenters. The second-order valence-electron chi connectivity index (χ2n) is 10.3. The van der Waals surface area contributed by atoms with Crippen LogP contribution in [0.5, 0.6) is 28.7 Å². The van der Waals surface area contributed by atoms with Gasteiger partial charge in [0, 0.05) is 55.0 Å². The molecule has 0 N–H and O–H groups in total. The van der Waals surface area contributed by atoms with Crippen molar-refractivity contribution < 1.29 is 38.1 Å². The summed E-state index contributed by atoms with van der Waals surface area (Å²) in [6, 6.07) is 5.28. The Morgan fingerprint density at radius 1 is 0.800 bits per heavy atom. The third-order valence-corrected chi connectivity index (χ3v) is 6.37. The van der Waals surface area contributed by atoms with Crippen LogP contribution in [0.1, 0.15) is 76.6 Å². The van der Waals surface area contributed by atoms with Crippen LogP contribution < -0.4 is 23.7 Å². The summed E-state index contributed by atoms with van der Waals surface area (Å²) in [4.78, 5) is 35.9. The number of carbonyl (C=O) groups excluding carboxylic acids is 3. The highest BCUT2D eigenvalue weighted by Crippen LogP contribution is 2.47. The maximum Gasteiger partial charge on any atom is 0.308 e. The van der Waals surface area contributed by atoms with Gasteiger partial charge in [-0.25, -0.2) is 0 Å². The van der Waals surface area contributed by atoms with Gasteiger partial charge >= 0.3 is 17.9 Å². The molecule has 40 heavy (non-hydrogen) atoms. The van der Waals surface area contributed by atoms with Crippen molar-refractivity contribution in [3.05, 3.63) is 63.8 Å². The van der Waals surface area contributed by atoms with E-state index in [1.54, 1.807) is 19.2 Å². The van der Waals surface area contributed by atoms with Crippen LogP contribution in [0.4, 0.5) is 0 Å². The molecule has 8 heteroatoms. The van der Waals surface area contributed by atoms with E-state index in [4.69, 9.17) is 23.7 Å². The van der Waals surface area contributed by atoms with Gasteiger partial charge in [0.2, 0.25) is 0 Å². The van der Waals surface area contributed by atoms with E-state index in [0.717, 1.165) is 27.8 Å². The number of methoxy groups -OCH3 is 1. The zero-order valence-electron chi connectivity index (χ0n) is 24.6. The lowest BCUT2D eigenvalue weighted by molar-refractivity contribution is -0.133. The Balaban J connectivity index is 2.17. The Kier molecular flexibility index (Phi) is 10.2. The molecule has 0 radical (unpaired) electrons. The molecule has 2 aromatic carbocycles. The highest BCUT2D eigenvalue weighted by atomic mass is 16.5. The maximum atomic E-state index is 12.2. The quantitative estimate of drug-likeness (QED) is 0.207. The van der Waals surface area contributed by atoms with E-state index >= 15 is 0 Å². The standard InChI is InChI=1S/C32H38O8/c1-18(2)9-11-25-28(38-20(5)33)14-13-24(32(25)40-22(7)35)23-15-27-29(37-17-23)16-30(39-21(6)34)26(31(27)36-8)12-10-19(3)4/h9-10,13-14,16,23H,11-12,15,17H2,1-8H3/t23-/m0/s1. The molecular weight excluding hydrogens is 512 g/mol. The van der Waals surface area contributed by atoms with Gasteiger partial charge in [0.05, 0.1) is 13.7 Å². The number of hydrogen-bond acceptors (Lipinski definition) is 8. The Morgan fingerprint density at radius 2 is 1.35 bits per heavy atom. The minimum absolute atomic E-state index is 0.205. The van der Waals surface area contributed by atoms with E-state index < -0.39 is 17.9 Å². The van der Waals surface area contributed by atoms with Crippen LogP contribution in [0.3, 0.4) is 0 Å². The zero-order valence-corrected chi connectivity index (χ0v) is 24.6. The van der Waals surface area contributed by atoms with Gasteiger partial charge in [0.25, 0.3) is 0 Å². The number of rotatable bonds is 9. The van der Waals surface area contributed by atoms with Crippen LogP contribution in [0.25, 0.3) is 0 Å². The third-order valence-electron chi connectivity index (χ3n) is 6.37. The molecule has 1 aliphatic heterocycles. The normalized spacial score (nSPS) is 13.8. The van der Waals surface area contributed by atoms with Gasteiger partial charge in [-0.3, -0.25) is 14.4 Å². The van der Waals surface area contributed by atoms with Crippen molar-refractivity contribution in [1.82, 2.24) is 0 Å². The number of esters is 3. The van der Waals surface area contributed by atoms with E-state index in [1.165, 1.54) is 20.8 Å². The molecule has 0 saturated carbocycles. The molecule has 0 aromatic heterocycles. The average molecular weight is 551 g/mol. The van der Waals surface area contributed by atoms with Crippen molar-refractivity contribution >= 4 is 17.9 Å². The molecular formula is C32H38O8. The summed E-state index contributed by atoms with van der Waals surface area (Å²) in [7, 11) is 1.58. The van der Waals surface area contributed by atoms with Crippen molar-refractivity contribution in [1.29, 1.82) is 0 Å². The van der Waals surface area contributed by atoms with E-state index in [-0.39, 0.29) is 12.5 Å².